The first-order chi connectivity index (χ1) is 12.1. The summed E-state index contributed by atoms with van der Waals surface area (Å²) in [4.78, 5) is 24.2. The van der Waals surface area contributed by atoms with Crippen LogP contribution in [0, 0.1) is 0 Å². The molecule has 1 atom stereocenters. The Kier molecular flexibility index (Phi) is 5.57. The van der Waals surface area contributed by atoms with Gasteiger partial charge in [0.25, 0.3) is 0 Å². The van der Waals surface area contributed by atoms with Gasteiger partial charge in [-0.2, -0.15) is 0 Å². The van der Waals surface area contributed by atoms with Crippen molar-refractivity contribution in [3.8, 4) is 11.3 Å². The van der Waals surface area contributed by atoms with Crippen LogP contribution in [0.4, 0.5) is 5.82 Å². The maximum Gasteiger partial charge on any atom is 0.231 e. The van der Waals surface area contributed by atoms with Gasteiger partial charge in [-0.1, -0.05) is 30.3 Å². The molecule has 7 heteroatoms. The molecule has 25 heavy (non-hydrogen) atoms. The largest absolute Gasteiger partial charge is 0.373 e. The molecule has 1 saturated heterocycles. The van der Waals surface area contributed by atoms with Gasteiger partial charge >= 0.3 is 0 Å². The minimum Gasteiger partial charge on any atom is -0.373 e. The van der Waals surface area contributed by atoms with E-state index >= 15 is 0 Å². The Morgan fingerprint density at radius 3 is 2.92 bits per heavy atom. The van der Waals surface area contributed by atoms with Crippen molar-refractivity contribution < 1.29 is 9.53 Å². The number of morpholine rings is 1. The van der Waals surface area contributed by atoms with E-state index in [1.165, 1.54) is 0 Å². The van der Waals surface area contributed by atoms with Crippen molar-refractivity contribution in [2.24, 2.45) is 5.73 Å². The van der Waals surface area contributed by atoms with E-state index in [0.29, 0.717) is 19.7 Å². The van der Waals surface area contributed by atoms with Gasteiger partial charge in [-0.3, -0.25) is 14.7 Å². The zero-order chi connectivity index (χ0) is 17.6. The molecule has 1 aliphatic heterocycles. The van der Waals surface area contributed by atoms with Gasteiger partial charge in [0.2, 0.25) is 5.91 Å². The molecule has 2 N–H and O–H groups in total. The number of amides is 1. The van der Waals surface area contributed by atoms with Crippen molar-refractivity contribution in [2.45, 2.75) is 6.10 Å². The van der Waals surface area contributed by atoms with E-state index in [1.54, 1.807) is 12.4 Å². The van der Waals surface area contributed by atoms with Gasteiger partial charge < -0.3 is 15.4 Å². The molecule has 3 rings (SSSR count). The smallest absolute Gasteiger partial charge is 0.231 e. The summed E-state index contributed by atoms with van der Waals surface area (Å²) >= 11 is 0. The fraction of sp³-hybridized carbons (Fsp3) is 0.389. The highest BCUT2D eigenvalue weighted by atomic mass is 16.5. The van der Waals surface area contributed by atoms with Gasteiger partial charge in [0.15, 0.2) is 0 Å². The fourth-order valence-electron chi connectivity index (χ4n) is 2.97. The third-order valence-corrected chi connectivity index (χ3v) is 4.10. The number of likely N-dealkylation sites (N-methyl/N-ethyl adjacent to an activating group) is 1. The SMILES string of the molecule is CN(CC(N)=O)C[C@H]1CN(c2cncc(-c3ccccc3)n2)CCO1. The number of carbonyl (C=O) groups is 1. The molecular weight excluding hydrogens is 318 g/mol. The molecule has 0 bridgehead atoms. The molecule has 2 aromatic rings. The summed E-state index contributed by atoms with van der Waals surface area (Å²) < 4.78 is 5.81. The Balaban J connectivity index is 1.68. The second-order valence-electron chi connectivity index (χ2n) is 6.23. The molecule has 2 heterocycles. The molecule has 0 spiro atoms. The van der Waals surface area contributed by atoms with E-state index in [4.69, 9.17) is 15.5 Å². The molecule has 1 amide bonds. The van der Waals surface area contributed by atoms with E-state index in [0.717, 1.165) is 23.6 Å². The van der Waals surface area contributed by atoms with Crippen LogP contribution in [-0.2, 0) is 9.53 Å². The molecular formula is C18H23N5O2. The molecule has 0 radical (unpaired) electrons. The average Bonchev–Trinajstić information content (AvgIpc) is 2.62. The Hall–Kier alpha value is -2.51. The minimum absolute atomic E-state index is 0.000261. The number of anilines is 1. The highest BCUT2D eigenvalue weighted by Crippen LogP contribution is 2.20. The Labute approximate surface area is 147 Å². The summed E-state index contributed by atoms with van der Waals surface area (Å²) in [5, 5.41) is 0. The zero-order valence-corrected chi connectivity index (χ0v) is 14.3. The third kappa shape index (κ3) is 4.74. The predicted molar refractivity (Wildman–Crippen MR) is 96.1 cm³/mol. The van der Waals surface area contributed by atoms with Crippen molar-refractivity contribution in [1.29, 1.82) is 0 Å². The number of benzene rings is 1. The summed E-state index contributed by atoms with van der Waals surface area (Å²) in [6.45, 7) is 2.96. The van der Waals surface area contributed by atoms with Gasteiger partial charge in [-0.25, -0.2) is 4.98 Å². The highest BCUT2D eigenvalue weighted by molar-refractivity contribution is 5.75. The molecule has 7 nitrogen and oxygen atoms in total. The van der Waals surface area contributed by atoms with E-state index in [9.17, 15) is 4.79 Å². The van der Waals surface area contributed by atoms with Crippen LogP contribution in [0.1, 0.15) is 0 Å². The van der Waals surface area contributed by atoms with E-state index in [1.807, 2.05) is 42.3 Å². The van der Waals surface area contributed by atoms with Crippen molar-refractivity contribution in [1.82, 2.24) is 14.9 Å². The summed E-state index contributed by atoms with van der Waals surface area (Å²) in [5.41, 5.74) is 7.14. The summed E-state index contributed by atoms with van der Waals surface area (Å²) in [7, 11) is 1.86. The molecule has 0 saturated carbocycles. The number of primary amides is 1. The first-order valence-corrected chi connectivity index (χ1v) is 8.32. The second kappa shape index (κ2) is 8.04. The van der Waals surface area contributed by atoms with Crippen LogP contribution in [-0.4, -0.2) is 66.7 Å². The lowest BCUT2D eigenvalue weighted by Gasteiger charge is -2.35. The predicted octanol–water partition coefficient (Wildman–Crippen LogP) is 0.766. The van der Waals surface area contributed by atoms with Crippen LogP contribution < -0.4 is 10.6 Å². The lowest BCUT2D eigenvalue weighted by Crippen LogP contribution is -2.48. The molecule has 1 aromatic carbocycles. The Bertz CT molecular complexity index is 710. The maximum atomic E-state index is 11.0. The van der Waals surface area contributed by atoms with Gasteiger partial charge in [-0.15, -0.1) is 0 Å². The summed E-state index contributed by atoms with van der Waals surface area (Å²) in [6.07, 6.45) is 3.56. The minimum atomic E-state index is -0.336. The van der Waals surface area contributed by atoms with Crippen LogP contribution in [0.5, 0.6) is 0 Å². The summed E-state index contributed by atoms with van der Waals surface area (Å²) in [5.74, 6) is 0.504. The van der Waals surface area contributed by atoms with Crippen molar-refractivity contribution >= 4 is 11.7 Å². The monoisotopic (exact) mass is 341 g/mol. The van der Waals surface area contributed by atoms with Crippen LogP contribution >= 0.6 is 0 Å². The number of aromatic nitrogens is 2. The normalized spacial score (nSPS) is 17.7. The van der Waals surface area contributed by atoms with Gasteiger partial charge in [0.05, 0.1) is 37.3 Å². The number of ether oxygens (including phenoxy) is 1. The molecule has 132 valence electrons. The highest BCUT2D eigenvalue weighted by Gasteiger charge is 2.23. The van der Waals surface area contributed by atoms with Crippen LogP contribution in [0.3, 0.4) is 0 Å². The Morgan fingerprint density at radius 1 is 1.36 bits per heavy atom. The van der Waals surface area contributed by atoms with Crippen LogP contribution in [0.25, 0.3) is 11.3 Å². The van der Waals surface area contributed by atoms with Gasteiger partial charge in [0.1, 0.15) is 5.82 Å². The topological polar surface area (TPSA) is 84.6 Å². The van der Waals surface area contributed by atoms with E-state index in [2.05, 4.69) is 9.88 Å². The number of carbonyl (C=O) groups excluding carboxylic acids is 1. The fourth-order valence-corrected chi connectivity index (χ4v) is 2.97. The first-order valence-electron chi connectivity index (χ1n) is 8.32. The molecule has 0 unspecified atom stereocenters. The Morgan fingerprint density at radius 2 is 2.16 bits per heavy atom. The number of rotatable bonds is 6. The zero-order valence-electron chi connectivity index (χ0n) is 14.3. The third-order valence-electron chi connectivity index (χ3n) is 4.10. The maximum absolute atomic E-state index is 11.0. The van der Waals surface area contributed by atoms with E-state index < -0.39 is 0 Å². The second-order valence-corrected chi connectivity index (χ2v) is 6.23. The van der Waals surface area contributed by atoms with Crippen molar-refractivity contribution in [3.63, 3.8) is 0 Å². The molecule has 1 aromatic heterocycles. The van der Waals surface area contributed by atoms with E-state index in [-0.39, 0.29) is 18.6 Å². The average molecular weight is 341 g/mol. The standard InChI is InChI=1S/C18H23N5O2/c1-22(13-17(19)24)11-15-12-23(7-8-25-15)18-10-20-9-16(21-18)14-5-3-2-4-6-14/h2-6,9-10,15H,7-8,11-13H2,1H3,(H2,19,24)/t15-/m0/s1. The number of nitrogens with two attached hydrogens (primary N) is 1. The molecule has 0 aliphatic carbocycles. The number of nitrogens with zero attached hydrogens (tertiary/aromatic N) is 4. The number of hydrogen-bond donors (Lipinski definition) is 1. The quantitative estimate of drug-likeness (QED) is 0.835. The lowest BCUT2D eigenvalue weighted by atomic mass is 10.2. The lowest BCUT2D eigenvalue weighted by molar-refractivity contribution is -0.119. The van der Waals surface area contributed by atoms with Crippen LogP contribution in [0.2, 0.25) is 0 Å². The van der Waals surface area contributed by atoms with Gasteiger partial charge in [0, 0.05) is 25.2 Å². The summed E-state index contributed by atoms with van der Waals surface area (Å²) in [6, 6.07) is 10.0. The molecule has 1 aliphatic rings. The van der Waals surface area contributed by atoms with Crippen molar-refractivity contribution in [3.05, 3.63) is 42.7 Å². The van der Waals surface area contributed by atoms with Crippen LogP contribution in [0.15, 0.2) is 42.7 Å². The first kappa shape index (κ1) is 17.3. The van der Waals surface area contributed by atoms with Crippen molar-refractivity contribution in [2.75, 3.05) is 44.7 Å². The molecule has 1 fully saturated rings. The van der Waals surface area contributed by atoms with Gasteiger partial charge in [-0.05, 0) is 7.05 Å². The number of hydrogen-bond acceptors (Lipinski definition) is 6.